The van der Waals surface area contributed by atoms with Gasteiger partial charge < -0.3 is 10.5 Å². The van der Waals surface area contributed by atoms with Crippen LogP contribution in [0.25, 0.3) is 10.8 Å². The zero-order valence-corrected chi connectivity index (χ0v) is 11.5. The first-order valence-corrected chi connectivity index (χ1v) is 7.03. The molecule has 19 heavy (non-hydrogen) atoms. The number of fused-ring (bicyclic) bond motifs is 1. The number of nitrogens with two attached hydrogens (primary N) is 1. The third-order valence-electron chi connectivity index (χ3n) is 3.29. The van der Waals surface area contributed by atoms with Crippen LogP contribution in [0.4, 0.5) is 0 Å². The normalized spacial score (nSPS) is 12.5. The highest BCUT2D eigenvalue weighted by atomic mass is 32.1. The minimum absolute atomic E-state index is 0.139. The van der Waals surface area contributed by atoms with E-state index in [2.05, 4.69) is 30.3 Å². The van der Waals surface area contributed by atoms with E-state index in [1.54, 1.807) is 18.4 Å². The number of methoxy groups -OCH3 is 1. The molecule has 3 aromatic rings. The highest BCUT2D eigenvalue weighted by molar-refractivity contribution is 7.10. The number of ether oxygens (including phenoxy) is 1. The number of hydrogen-bond donors (Lipinski definition) is 1. The molecule has 3 heteroatoms. The average molecular weight is 269 g/mol. The average Bonchev–Trinajstić information content (AvgIpc) is 2.94. The zero-order chi connectivity index (χ0) is 13.2. The Balaban J connectivity index is 2.04. The van der Waals surface area contributed by atoms with Crippen LogP contribution in [0.1, 0.15) is 16.5 Å². The molecular formula is C16H15NOS. The Morgan fingerprint density at radius 1 is 1.05 bits per heavy atom. The van der Waals surface area contributed by atoms with Gasteiger partial charge in [-0.1, -0.05) is 36.4 Å². The van der Waals surface area contributed by atoms with E-state index in [0.717, 1.165) is 16.2 Å². The van der Waals surface area contributed by atoms with Crippen LogP contribution < -0.4 is 10.5 Å². The molecule has 2 N–H and O–H groups in total. The fourth-order valence-electron chi connectivity index (χ4n) is 2.26. The molecule has 1 atom stereocenters. The predicted molar refractivity (Wildman–Crippen MR) is 80.8 cm³/mol. The molecule has 1 aromatic heterocycles. The highest BCUT2D eigenvalue weighted by Crippen LogP contribution is 2.34. The Hall–Kier alpha value is -1.84. The Labute approximate surface area is 116 Å². The molecule has 0 saturated heterocycles. The molecular weight excluding hydrogens is 254 g/mol. The van der Waals surface area contributed by atoms with Crippen LogP contribution in [0, 0.1) is 0 Å². The van der Waals surface area contributed by atoms with Gasteiger partial charge in [0.15, 0.2) is 0 Å². The van der Waals surface area contributed by atoms with Gasteiger partial charge in [0.05, 0.1) is 18.0 Å². The lowest BCUT2D eigenvalue weighted by atomic mass is 10.0. The first-order valence-electron chi connectivity index (χ1n) is 6.15. The summed E-state index contributed by atoms with van der Waals surface area (Å²) in [6, 6.07) is 16.5. The van der Waals surface area contributed by atoms with Gasteiger partial charge >= 0.3 is 0 Å². The van der Waals surface area contributed by atoms with Crippen molar-refractivity contribution < 1.29 is 4.74 Å². The van der Waals surface area contributed by atoms with Crippen LogP contribution in [-0.2, 0) is 0 Å². The quantitative estimate of drug-likeness (QED) is 0.781. The van der Waals surface area contributed by atoms with Gasteiger partial charge in [0, 0.05) is 0 Å². The van der Waals surface area contributed by atoms with E-state index in [0.29, 0.717) is 0 Å². The molecule has 0 amide bonds. The van der Waals surface area contributed by atoms with Gasteiger partial charge in [0.25, 0.3) is 0 Å². The molecule has 0 aliphatic carbocycles. The molecule has 0 fully saturated rings. The maximum absolute atomic E-state index is 6.36. The molecule has 96 valence electrons. The predicted octanol–water partition coefficient (Wildman–Crippen LogP) is 3.96. The van der Waals surface area contributed by atoms with Crippen molar-refractivity contribution in [3.8, 4) is 5.75 Å². The summed E-state index contributed by atoms with van der Waals surface area (Å²) in [5.74, 6) is 0.866. The van der Waals surface area contributed by atoms with Crippen molar-refractivity contribution in [2.45, 2.75) is 6.04 Å². The molecule has 1 heterocycles. The number of rotatable bonds is 3. The smallest absolute Gasteiger partial charge is 0.134 e. The van der Waals surface area contributed by atoms with E-state index in [-0.39, 0.29) is 6.04 Å². The molecule has 0 aliphatic heterocycles. The summed E-state index contributed by atoms with van der Waals surface area (Å²) >= 11 is 1.63. The molecule has 0 saturated carbocycles. The zero-order valence-electron chi connectivity index (χ0n) is 10.7. The maximum atomic E-state index is 6.36. The van der Waals surface area contributed by atoms with Crippen LogP contribution in [0.5, 0.6) is 5.75 Å². The van der Waals surface area contributed by atoms with Crippen LogP contribution in [0.15, 0.2) is 53.9 Å². The molecule has 2 nitrogen and oxygen atoms in total. The fourth-order valence-corrected chi connectivity index (χ4v) is 3.15. The standard InChI is InChI=1S/C16H15NOS/c1-18-14-8-9-19-16(14)15(17)13-7-6-11-4-2-3-5-12(11)10-13/h2-10,15H,17H2,1H3. The lowest BCUT2D eigenvalue weighted by molar-refractivity contribution is 0.411. The molecule has 2 aromatic carbocycles. The highest BCUT2D eigenvalue weighted by Gasteiger charge is 2.15. The molecule has 0 aliphatic rings. The molecule has 3 rings (SSSR count). The van der Waals surface area contributed by atoms with Crippen molar-refractivity contribution in [3.05, 3.63) is 64.4 Å². The van der Waals surface area contributed by atoms with E-state index < -0.39 is 0 Å². The van der Waals surface area contributed by atoms with Crippen molar-refractivity contribution in [2.75, 3.05) is 7.11 Å². The first-order chi connectivity index (χ1) is 9.29. The monoisotopic (exact) mass is 269 g/mol. The Kier molecular flexibility index (Phi) is 3.23. The van der Waals surface area contributed by atoms with E-state index in [1.807, 2.05) is 23.6 Å². The summed E-state index contributed by atoms with van der Waals surface area (Å²) in [6.07, 6.45) is 0. The van der Waals surface area contributed by atoms with E-state index >= 15 is 0 Å². The van der Waals surface area contributed by atoms with Crippen molar-refractivity contribution in [3.63, 3.8) is 0 Å². The van der Waals surface area contributed by atoms with Gasteiger partial charge in [-0.15, -0.1) is 11.3 Å². The van der Waals surface area contributed by atoms with Crippen LogP contribution >= 0.6 is 11.3 Å². The summed E-state index contributed by atoms with van der Waals surface area (Å²) in [6.45, 7) is 0. The van der Waals surface area contributed by atoms with Gasteiger partial charge in [-0.2, -0.15) is 0 Å². The fraction of sp³-hybridized carbons (Fsp3) is 0.125. The summed E-state index contributed by atoms with van der Waals surface area (Å²) in [7, 11) is 1.68. The largest absolute Gasteiger partial charge is 0.496 e. The van der Waals surface area contributed by atoms with Gasteiger partial charge in [-0.05, 0) is 33.8 Å². The van der Waals surface area contributed by atoms with Crippen LogP contribution in [0.3, 0.4) is 0 Å². The number of benzene rings is 2. The minimum atomic E-state index is -0.139. The van der Waals surface area contributed by atoms with Crippen molar-refractivity contribution >= 4 is 22.1 Å². The van der Waals surface area contributed by atoms with E-state index in [4.69, 9.17) is 10.5 Å². The minimum Gasteiger partial charge on any atom is -0.496 e. The maximum Gasteiger partial charge on any atom is 0.134 e. The number of thiophene rings is 1. The Morgan fingerprint density at radius 3 is 2.63 bits per heavy atom. The second kappa shape index (κ2) is 5.03. The molecule has 0 spiro atoms. The third-order valence-corrected chi connectivity index (χ3v) is 4.27. The molecule has 0 radical (unpaired) electrons. The van der Waals surface area contributed by atoms with Gasteiger partial charge in [-0.3, -0.25) is 0 Å². The van der Waals surface area contributed by atoms with Gasteiger partial charge in [-0.25, -0.2) is 0 Å². The lowest BCUT2D eigenvalue weighted by Gasteiger charge is -2.13. The summed E-state index contributed by atoms with van der Waals surface area (Å²) in [4.78, 5) is 1.07. The van der Waals surface area contributed by atoms with Crippen molar-refractivity contribution in [1.82, 2.24) is 0 Å². The first kappa shape index (κ1) is 12.2. The van der Waals surface area contributed by atoms with Gasteiger partial charge in [0.1, 0.15) is 5.75 Å². The number of hydrogen-bond acceptors (Lipinski definition) is 3. The van der Waals surface area contributed by atoms with E-state index in [9.17, 15) is 0 Å². The second-order valence-electron chi connectivity index (χ2n) is 4.44. The SMILES string of the molecule is COc1ccsc1C(N)c1ccc2ccccc2c1. The van der Waals surface area contributed by atoms with Crippen molar-refractivity contribution in [1.29, 1.82) is 0 Å². The van der Waals surface area contributed by atoms with Crippen LogP contribution in [0.2, 0.25) is 0 Å². The third kappa shape index (κ3) is 2.23. The summed E-state index contributed by atoms with van der Waals surface area (Å²) in [5, 5.41) is 4.46. The van der Waals surface area contributed by atoms with E-state index in [1.165, 1.54) is 10.8 Å². The Morgan fingerprint density at radius 2 is 1.84 bits per heavy atom. The summed E-state index contributed by atoms with van der Waals surface area (Å²) in [5.41, 5.74) is 7.47. The summed E-state index contributed by atoms with van der Waals surface area (Å²) < 4.78 is 5.35. The van der Waals surface area contributed by atoms with Crippen molar-refractivity contribution in [2.24, 2.45) is 5.73 Å². The second-order valence-corrected chi connectivity index (χ2v) is 5.39. The van der Waals surface area contributed by atoms with Gasteiger partial charge in [0.2, 0.25) is 0 Å². The molecule has 0 bridgehead atoms. The Bertz CT molecular complexity index is 705. The van der Waals surface area contributed by atoms with Crippen LogP contribution in [-0.4, -0.2) is 7.11 Å². The lowest BCUT2D eigenvalue weighted by Crippen LogP contribution is -2.11. The molecule has 1 unspecified atom stereocenters. The topological polar surface area (TPSA) is 35.2 Å².